The number of hydrogen-bond donors (Lipinski definition) is 1. The number of rotatable bonds is 2. The van der Waals surface area contributed by atoms with Crippen LogP contribution >= 0.6 is 0 Å². The van der Waals surface area contributed by atoms with Gasteiger partial charge in [-0.25, -0.2) is 0 Å². The lowest BCUT2D eigenvalue weighted by atomic mass is 9.93. The fourth-order valence-corrected chi connectivity index (χ4v) is 3.87. The van der Waals surface area contributed by atoms with Gasteiger partial charge >= 0.3 is 11.8 Å². The minimum absolute atomic E-state index is 0.456. The third-order valence-electron chi connectivity index (χ3n) is 4.63. The van der Waals surface area contributed by atoms with Crippen LogP contribution in [0.4, 0.5) is 5.69 Å². The second kappa shape index (κ2) is 7.41. The highest BCUT2D eigenvalue weighted by Crippen LogP contribution is 2.24. The number of anilines is 1. The summed E-state index contributed by atoms with van der Waals surface area (Å²) in [5.74, 6) is -1.18. The Kier molecular flexibility index (Phi) is 5.23. The van der Waals surface area contributed by atoms with Gasteiger partial charge in [-0.05, 0) is 61.2 Å². The topological polar surface area (TPSA) is 66.5 Å². The van der Waals surface area contributed by atoms with Gasteiger partial charge in [0, 0.05) is 40.7 Å². The molecule has 0 radical (unpaired) electrons. The van der Waals surface area contributed by atoms with Crippen molar-refractivity contribution in [3.63, 3.8) is 0 Å². The van der Waals surface area contributed by atoms with E-state index < -0.39 is 22.6 Å². The van der Waals surface area contributed by atoms with Crippen molar-refractivity contribution in [3.05, 3.63) is 58.7 Å². The minimum Gasteiger partial charge on any atom is -0.330 e. The highest BCUT2D eigenvalue weighted by molar-refractivity contribution is 7.84. The van der Waals surface area contributed by atoms with Crippen molar-refractivity contribution in [3.8, 4) is 0 Å². The standard InChI is InChI=1S/C20H22N2O3S/c1-13-10-14(2)18-8-9-22(12-15(18)11-13)20(24)19(23)21-16-4-6-17(7-5-16)26(3)25/h4-7,10-11H,8-9,12H2,1-3H3,(H,21,23). The van der Waals surface area contributed by atoms with E-state index in [1.165, 1.54) is 11.1 Å². The first-order valence-corrected chi connectivity index (χ1v) is 10.0. The average Bonchev–Trinajstić information content (AvgIpc) is 2.60. The summed E-state index contributed by atoms with van der Waals surface area (Å²) in [6, 6.07) is 10.9. The highest BCUT2D eigenvalue weighted by Gasteiger charge is 2.26. The molecule has 0 fully saturated rings. The Morgan fingerprint density at radius 3 is 2.46 bits per heavy atom. The first kappa shape index (κ1) is 18.3. The van der Waals surface area contributed by atoms with E-state index in [9.17, 15) is 13.8 Å². The quantitative estimate of drug-likeness (QED) is 0.826. The smallest absolute Gasteiger partial charge is 0.313 e. The third kappa shape index (κ3) is 3.85. The molecule has 0 aliphatic carbocycles. The number of carbonyl (C=O) groups is 2. The Labute approximate surface area is 155 Å². The van der Waals surface area contributed by atoms with Crippen LogP contribution in [0.3, 0.4) is 0 Å². The van der Waals surface area contributed by atoms with Gasteiger partial charge in [0.05, 0.1) is 0 Å². The molecule has 6 heteroatoms. The predicted octanol–water partition coefficient (Wildman–Crippen LogP) is 2.56. The molecule has 5 nitrogen and oxygen atoms in total. The van der Waals surface area contributed by atoms with Crippen molar-refractivity contribution < 1.29 is 13.8 Å². The summed E-state index contributed by atoms with van der Waals surface area (Å²) in [6.45, 7) is 5.12. The van der Waals surface area contributed by atoms with E-state index in [0.717, 1.165) is 17.5 Å². The molecule has 1 N–H and O–H groups in total. The molecule has 1 atom stereocenters. The normalized spacial score (nSPS) is 14.5. The van der Waals surface area contributed by atoms with Crippen molar-refractivity contribution in [1.82, 2.24) is 4.90 Å². The number of fused-ring (bicyclic) bond motifs is 1. The van der Waals surface area contributed by atoms with Crippen molar-refractivity contribution in [1.29, 1.82) is 0 Å². The molecule has 0 aromatic heterocycles. The molecule has 0 spiro atoms. The van der Waals surface area contributed by atoms with Gasteiger partial charge in [-0.1, -0.05) is 17.7 Å². The van der Waals surface area contributed by atoms with Gasteiger partial charge in [0.15, 0.2) is 0 Å². The molecule has 2 aromatic rings. The summed E-state index contributed by atoms with van der Waals surface area (Å²) in [7, 11) is -1.08. The first-order chi connectivity index (χ1) is 12.3. The van der Waals surface area contributed by atoms with Crippen LogP contribution in [-0.2, 0) is 33.4 Å². The Morgan fingerprint density at radius 2 is 1.81 bits per heavy atom. The number of benzene rings is 2. The van der Waals surface area contributed by atoms with E-state index in [4.69, 9.17) is 0 Å². The van der Waals surface area contributed by atoms with Gasteiger partial charge in [-0.3, -0.25) is 13.8 Å². The van der Waals surface area contributed by atoms with Crippen LogP contribution in [0, 0.1) is 13.8 Å². The number of carbonyl (C=O) groups excluding carboxylic acids is 2. The number of hydrogen-bond acceptors (Lipinski definition) is 3. The maximum atomic E-state index is 12.5. The largest absolute Gasteiger partial charge is 0.330 e. The Balaban J connectivity index is 1.69. The second-order valence-corrected chi connectivity index (χ2v) is 8.01. The summed E-state index contributed by atoms with van der Waals surface area (Å²) in [5.41, 5.74) is 5.31. The first-order valence-electron chi connectivity index (χ1n) is 8.48. The van der Waals surface area contributed by atoms with Gasteiger partial charge in [-0.15, -0.1) is 0 Å². The van der Waals surface area contributed by atoms with Crippen LogP contribution in [0.15, 0.2) is 41.3 Å². The monoisotopic (exact) mass is 370 g/mol. The lowest BCUT2D eigenvalue weighted by molar-refractivity contribution is -0.143. The summed E-state index contributed by atoms with van der Waals surface area (Å²) in [5, 5.41) is 2.62. The van der Waals surface area contributed by atoms with Crippen LogP contribution < -0.4 is 5.32 Å². The molecule has 0 bridgehead atoms. The molecule has 1 aliphatic rings. The van der Waals surface area contributed by atoms with Crippen LogP contribution in [0.25, 0.3) is 0 Å². The zero-order valence-corrected chi connectivity index (χ0v) is 16.0. The van der Waals surface area contributed by atoms with E-state index in [0.29, 0.717) is 23.7 Å². The summed E-state index contributed by atoms with van der Waals surface area (Å²) >= 11 is 0. The summed E-state index contributed by atoms with van der Waals surface area (Å²) in [6.07, 6.45) is 2.35. The van der Waals surface area contributed by atoms with Crippen LogP contribution in [0.5, 0.6) is 0 Å². The van der Waals surface area contributed by atoms with Gasteiger partial charge in [0.1, 0.15) is 0 Å². The van der Waals surface area contributed by atoms with Gasteiger partial charge in [-0.2, -0.15) is 0 Å². The molecule has 2 aromatic carbocycles. The number of aryl methyl sites for hydroxylation is 2. The number of amides is 2. The molecule has 136 valence electrons. The molecule has 2 amide bonds. The highest BCUT2D eigenvalue weighted by atomic mass is 32.2. The SMILES string of the molecule is Cc1cc(C)c2c(c1)CN(C(=O)C(=O)Nc1ccc(S(C)=O)cc1)CC2. The van der Waals surface area contributed by atoms with E-state index >= 15 is 0 Å². The zero-order chi connectivity index (χ0) is 18.8. The minimum atomic E-state index is -1.08. The zero-order valence-electron chi connectivity index (χ0n) is 15.2. The molecule has 1 unspecified atom stereocenters. The lowest BCUT2D eigenvalue weighted by Gasteiger charge is -2.29. The van der Waals surface area contributed by atoms with Crippen molar-refractivity contribution in [2.24, 2.45) is 0 Å². The summed E-state index contributed by atoms with van der Waals surface area (Å²) < 4.78 is 11.4. The van der Waals surface area contributed by atoms with Crippen molar-refractivity contribution in [2.75, 3.05) is 18.1 Å². The van der Waals surface area contributed by atoms with Crippen LogP contribution in [0.1, 0.15) is 22.3 Å². The van der Waals surface area contributed by atoms with Crippen molar-refractivity contribution in [2.45, 2.75) is 31.7 Å². The molecule has 26 heavy (non-hydrogen) atoms. The second-order valence-electron chi connectivity index (χ2n) is 6.63. The number of nitrogens with one attached hydrogen (secondary N) is 1. The Bertz CT molecular complexity index is 891. The predicted molar refractivity (Wildman–Crippen MR) is 102 cm³/mol. The fraction of sp³-hybridized carbons (Fsp3) is 0.300. The molecule has 1 heterocycles. The average molecular weight is 370 g/mol. The van der Waals surface area contributed by atoms with E-state index in [1.807, 2.05) is 6.92 Å². The van der Waals surface area contributed by atoms with Crippen molar-refractivity contribution >= 4 is 28.3 Å². The maximum Gasteiger partial charge on any atom is 0.313 e. The molecule has 0 saturated heterocycles. The van der Waals surface area contributed by atoms with Crippen LogP contribution in [-0.4, -0.2) is 33.7 Å². The Morgan fingerprint density at radius 1 is 1.12 bits per heavy atom. The van der Waals surface area contributed by atoms with E-state index in [2.05, 4.69) is 24.4 Å². The van der Waals surface area contributed by atoms with E-state index in [1.54, 1.807) is 35.4 Å². The maximum absolute atomic E-state index is 12.5. The lowest BCUT2D eigenvalue weighted by Crippen LogP contribution is -2.42. The third-order valence-corrected chi connectivity index (χ3v) is 5.56. The number of nitrogens with zero attached hydrogens (tertiary/aromatic N) is 1. The van der Waals surface area contributed by atoms with E-state index in [-0.39, 0.29) is 0 Å². The van der Waals surface area contributed by atoms with Gasteiger partial charge < -0.3 is 10.2 Å². The molecule has 0 saturated carbocycles. The Hall–Kier alpha value is -2.47. The van der Waals surface area contributed by atoms with Crippen LogP contribution in [0.2, 0.25) is 0 Å². The van der Waals surface area contributed by atoms with Gasteiger partial charge in [0.25, 0.3) is 0 Å². The molecular formula is C20H22N2O3S. The van der Waals surface area contributed by atoms with Gasteiger partial charge in [0.2, 0.25) is 0 Å². The molecular weight excluding hydrogens is 348 g/mol. The molecule has 1 aliphatic heterocycles. The molecule has 3 rings (SSSR count). The summed E-state index contributed by atoms with van der Waals surface area (Å²) in [4.78, 5) is 27.1. The fourth-order valence-electron chi connectivity index (χ4n) is 3.35.